The van der Waals surface area contributed by atoms with E-state index in [0.29, 0.717) is 17.1 Å². The van der Waals surface area contributed by atoms with E-state index >= 15 is 0 Å². The average Bonchev–Trinajstić information content (AvgIpc) is 2.52. The Morgan fingerprint density at radius 3 is 3.00 bits per heavy atom. The van der Waals surface area contributed by atoms with Crippen LogP contribution in [0.1, 0.15) is 6.42 Å². The maximum Gasteiger partial charge on any atom is 0.435 e. The van der Waals surface area contributed by atoms with Gasteiger partial charge in [0.1, 0.15) is 12.4 Å². The van der Waals surface area contributed by atoms with E-state index in [9.17, 15) is 10.0 Å². The van der Waals surface area contributed by atoms with Crippen molar-refractivity contribution in [2.24, 2.45) is 4.99 Å². The Kier molecular flexibility index (Phi) is 5.37. The van der Waals surface area contributed by atoms with Crippen molar-refractivity contribution in [3.05, 3.63) is 23.7 Å². The minimum atomic E-state index is -0.838. The minimum Gasteiger partial charge on any atom is -0.445 e. The summed E-state index contributed by atoms with van der Waals surface area (Å²) in [7, 11) is 1.50. The van der Waals surface area contributed by atoms with Gasteiger partial charge in [0.05, 0.1) is 6.61 Å². The lowest BCUT2D eigenvalue weighted by Gasteiger charge is -2.24. The summed E-state index contributed by atoms with van der Waals surface area (Å²) < 4.78 is 10.1. The molecule has 0 aliphatic carbocycles. The topological polar surface area (TPSA) is 115 Å². The fraction of sp³-hybridized carbons (Fsp3) is 0.462. The molecular formula is C13H19N5O4. The summed E-state index contributed by atoms with van der Waals surface area (Å²) in [5, 5.41) is 9.81. The summed E-state index contributed by atoms with van der Waals surface area (Å²) in [6.07, 6.45) is 4.14. The molecule has 0 saturated heterocycles. The summed E-state index contributed by atoms with van der Waals surface area (Å²) in [6.45, 7) is 1.80. The molecular weight excluding hydrogens is 290 g/mol. The first-order chi connectivity index (χ1) is 10.6. The van der Waals surface area contributed by atoms with Gasteiger partial charge in [-0.25, -0.2) is 4.79 Å². The highest BCUT2D eigenvalue weighted by atomic mass is 16.6. The molecule has 3 N–H and O–H groups in total. The van der Waals surface area contributed by atoms with Crippen LogP contribution in [-0.2, 0) is 9.47 Å². The molecule has 0 atom stereocenters. The summed E-state index contributed by atoms with van der Waals surface area (Å²) in [5.41, 5.74) is 5.61. The third-order valence-electron chi connectivity index (χ3n) is 3.02. The van der Waals surface area contributed by atoms with Crippen LogP contribution in [0.25, 0.3) is 0 Å². The molecule has 1 aliphatic rings. The maximum absolute atomic E-state index is 11.6. The van der Waals surface area contributed by atoms with Gasteiger partial charge >= 0.3 is 6.09 Å². The number of hydrogen-bond acceptors (Lipinski definition) is 7. The van der Waals surface area contributed by atoms with Crippen LogP contribution in [0.3, 0.4) is 0 Å². The molecule has 1 amide bonds. The molecule has 1 aromatic heterocycles. The van der Waals surface area contributed by atoms with Crippen LogP contribution >= 0.6 is 0 Å². The molecule has 22 heavy (non-hydrogen) atoms. The number of carbonyl (C=O) groups excluding carboxylic acids is 1. The molecule has 1 aromatic rings. The lowest BCUT2D eigenvalue weighted by molar-refractivity contribution is 0.103. The van der Waals surface area contributed by atoms with E-state index in [-0.39, 0.29) is 24.6 Å². The van der Waals surface area contributed by atoms with Gasteiger partial charge in [-0.1, -0.05) is 12.2 Å². The molecule has 0 fully saturated rings. The first-order valence-electron chi connectivity index (χ1n) is 6.81. The molecule has 120 valence electrons. The molecule has 0 aromatic carbocycles. The highest BCUT2D eigenvalue weighted by Gasteiger charge is 2.12. The van der Waals surface area contributed by atoms with E-state index in [0.717, 1.165) is 13.0 Å². The number of aromatic nitrogens is 2. The van der Waals surface area contributed by atoms with Crippen LogP contribution in [0, 0.1) is 0 Å². The lowest BCUT2D eigenvalue weighted by atomic mass is 10.2. The van der Waals surface area contributed by atoms with Gasteiger partial charge in [-0.05, 0) is 6.42 Å². The number of amides is 1. The molecule has 1 aliphatic heterocycles. The Bertz CT molecular complexity index is 625. The molecule has 0 saturated carbocycles. The van der Waals surface area contributed by atoms with Crippen molar-refractivity contribution < 1.29 is 19.5 Å². The molecule has 0 radical (unpaired) electrons. The van der Waals surface area contributed by atoms with Gasteiger partial charge < -0.3 is 25.3 Å². The monoisotopic (exact) mass is 309 g/mol. The van der Waals surface area contributed by atoms with E-state index in [4.69, 9.17) is 15.2 Å². The number of anilines is 2. The van der Waals surface area contributed by atoms with Crippen LogP contribution in [0.4, 0.5) is 16.6 Å². The first kappa shape index (κ1) is 15.8. The standard InChI is InChI=1S/C13H19N5O4/c1-21-7-8-22-13(19)16-11-9-10(15-12(14)18(11)20)17-5-3-2-4-6-17/h2-3,9,20H,4-8H2,1H3,(H2,14,15). The zero-order chi connectivity index (χ0) is 15.9. The summed E-state index contributed by atoms with van der Waals surface area (Å²) >= 11 is 0. The molecule has 0 unspecified atom stereocenters. The predicted octanol–water partition coefficient (Wildman–Crippen LogP) is 0.153. The number of rotatable bonds is 4. The SMILES string of the molecule is COCCOC(=O)N=c1cc(N2CC=CCC2)nc(N)n1O. The summed E-state index contributed by atoms with van der Waals surface area (Å²) in [4.78, 5) is 21.3. The number of nitrogen functional groups attached to an aromatic ring is 1. The fourth-order valence-electron chi connectivity index (χ4n) is 1.92. The molecule has 2 heterocycles. The zero-order valence-electron chi connectivity index (χ0n) is 12.3. The minimum absolute atomic E-state index is 0.0422. The van der Waals surface area contributed by atoms with Gasteiger partial charge in [0.2, 0.25) is 5.95 Å². The number of hydrogen-bond donors (Lipinski definition) is 2. The van der Waals surface area contributed by atoms with Crippen LogP contribution in [0.2, 0.25) is 0 Å². The van der Waals surface area contributed by atoms with Crippen LogP contribution < -0.4 is 16.1 Å². The Morgan fingerprint density at radius 2 is 2.32 bits per heavy atom. The first-order valence-corrected chi connectivity index (χ1v) is 6.81. The molecule has 9 nitrogen and oxygen atoms in total. The Morgan fingerprint density at radius 1 is 1.50 bits per heavy atom. The van der Waals surface area contributed by atoms with E-state index in [1.165, 1.54) is 13.2 Å². The van der Waals surface area contributed by atoms with Gasteiger partial charge in [-0.3, -0.25) is 0 Å². The zero-order valence-corrected chi connectivity index (χ0v) is 12.3. The Hall–Kier alpha value is -2.55. The largest absolute Gasteiger partial charge is 0.445 e. The second kappa shape index (κ2) is 7.46. The van der Waals surface area contributed by atoms with E-state index in [1.807, 2.05) is 11.0 Å². The van der Waals surface area contributed by atoms with E-state index in [1.54, 1.807) is 0 Å². The van der Waals surface area contributed by atoms with Crippen LogP contribution in [0.15, 0.2) is 23.2 Å². The van der Waals surface area contributed by atoms with Crippen LogP contribution in [-0.4, -0.2) is 54.4 Å². The van der Waals surface area contributed by atoms with Gasteiger partial charge in [-0.2, -0.15) is 9.98 Å². The second-order valence-electron chi connectivity index (χ2n) is 4.57. The summed E-state index contributed by atoms with van der Waals surface area (Å²) in [6, 6.07) is 1.48. The van der Waals surface area contributed by atoms with Gasteiger partial charge in [0.15, 0.2) is 5.49 Å². The van der Waals surface area contributed by atoms with Crippen molar-refractivity contribution in [2.75, 3.05) is 44.0 Å². The third-order valence-corrected chi connectivity index (χ3v) is 3.02. The van der Waals surface area contributed by atoms with Crippen LogP contribution in [0.5, 0.6) is 0 Å². The molecule has 9 heteroatoms. The number of carbonyl (C=O) groups is 1. The molecule has 0 spiro atoms. The van der Waals surface area contributed by atoms with E-state index in [2.05, 4.69) is 16.1 Å². The summed E-state index contributed by atoms with van der Waals surface area (Å²) in [5.74, 6) is 0.381. The number of methoxy groups -OCH3 is 1. The van der Waals surface area contributed by atoms with Crippen molar-refractivity contribution in [1.29, 1.82) is 0 Å². The number of nitrogens with two attached hydrogens (primary N) is 1. The van der Waals surface area contributed by atoms with E-state index < -0.39 is 6.09 Å². The fourth-order valence-corrected chi connectivity index (χ4v) is 1.92. The number of nitrogens with zero attached hydrogens (tertiary/aromatic N) is 4. The number of ether oxygens (including phenoxy) is 2. The Labute approximate surface area is 127 Å². The van der Waals surface area contributed by atoms with Gasteiger partial charge in [0, 0.05) is 26.3 Å². The highest BCUT2D eigenvalue weighted by Crippen LogP contribution is 2.13. The van der Waals surface area contributed by atoms with Gasteiger partial charge in [0.25, 0.3) is 0 Å². The quantitative estimate of drug-likeness (QED) is 0.462. The lowest BCUT2D eigenvalue weighted by Crippen LogP contribution is -2.32. The van der Waals surface area contributed by atoms with Crippen molar-refractivity contribution in [3.63, 3.8) is 0 Å². The second-order valence-corrected chi connectivity index (χ2v) is 4.57. The smallest absolute Gasteiger partial charge is 0.435 e. The van der Waals surface area contributed by atoms with Crippen molar-refractivity contribution in [2.45, 2.75) is 6.42 Å². The van der Waals surface area contributed by atoms with Gasteiger partial charge in [-0.15, -0.1) is 4.73 Å². The average molecular weight is 309 g/mol. The van der Waals surface area contributed by atoms with Crippen molar-refractivity contribution >= 4 is 17.9 Å². The normalized spacial score (nSPS) is 15.1. The molecule has 2 rings (SSSR count). The molecule has 0 bridgehead atoms. The Balaban J connectivity index is 2.24. The maximum atomic E-state index is 11.6. The third kappa shape index (κ3) is 3.98. The van der Waals surface area contributed by atoms with Crippen molar-refractivity contribution in [1.82, 2.24) is 9.71 Å². The highest BCUT2D eigenvalue weighted by molar-refractivity contribution is 5.68. The predicted molar refractivity (Wildman–Crippen MR) is 78.6 cm³/mol. The van der Waals surface area contributed by atoms with Crippen molar-refractivity contribution in [3.8, 4) is 0 Å².